The fourth-order valence-corrected chi connectivity index (χ4v) is 2.85. The Labute approximate surface area is 90.0 Å². The standard InChI is InChI=1S/C10H20IN/c1-10(2)5-4-9(8-10)12(3)7-6-11/h9H,4-8H2,1-3H3. The van der Waals surface area contributed by atoms with E-state index in [4.69, 9.17) is 0 Å². The van der Waals surface area contributed by atoms with Crippen molar-refractivity contribution in [3.8, 4) is 0 Å². The summed E-state index contributed by atoms with van der Waals surface area (Å²) in [5, 5.41) is 0. The van der Waals surface area contributed by atoms with Crippen LogP contribution in [-0.2, 0) is 0 Å². The van der Waals surface area contributed by atoms with E-state index in [1.807, 2.05) is 0 Å². The van der Waals surface area contributed by atoms with Gasteiger partial charge in [0.05, 0.1) is 0 Å². The zero-order chi connectivity index (χ0) is 9.19. The highest BCUT2D eigenvalue weighted by Gasteiger charge is 2.32. The molecule has 0 radical (unpaired) electrons. The van der Waals surface area contributed by atoms with Gasteiger partial charge in [-0.2, -0.15) is 0 Å². The van der Waals surface area contributed by atoms with Gasteiger partial charge >= 0.3 is 0 Å². The van der Waals surface area contributed by atoms with Crippen LogP contribution in [0, 0.1) is 5.41 Å². The maximum Gasteiger partial charge on any atom is 0.0123 e. The molecule has 0 spiro atoms. The van der Waals surface area contributed by atoms with Crippen molar-refractivity contribution < 1.29 is 0 Å². The molecule has 1 rings (SSSR count). The highest BCUT2D eigenvalue weighted by molar-refractivity contribution is 14.1. The van der Waals surface area contributed by atoms with E-state index >= 15 is 0 Å². The van der Waals surface area contributed by atoms with E-state index in [1.54, 1.807) is 0 Å². The Hall–Kier alpha value is 0.690. The summed E-state index contributed by atoms with van der Waals surface area (Å²) in [6.07, 6.45) is 4.20. The molecule has 2 heteroatoms. The van der Waals surface area contributed by atoms with Crippen molar-refractivity contribution in [1.82, 2.24) is 4.90 Å². The molecule has 0 aliphatic heterocycles. The monoisotopic (exact) mass is 281 g/mol. The summed E-state index contributed by atoms with van der Waals surface area (Å²) in [7, 11) is 2.27. The van der Waals surface area contributed by atoms with Crippen LogP contribution in [0.15, 0.2) is 0 Å². The molecule has 1 nitrogen and oxygen atoms in total. The summed E-state index contributed by atoms with van der Waals surface area (Å²) in [5.41, 5.74) is 0.601. The summed E-state index contributed by atoms with van der Waals surface area (Å²) in [6.45, 7) is 6.04. The number of hydrogen-bond acceptors (Lipinski definition) is 1. The van der Waals surface area contributed by atoms with E-state index in [0.29, 0.717) is 5.41 Å². The summed E-state index contributed by atoms with van der Waals surface area (Å²) < 4.78 is 1.26. The van der Waals surface area contributed by atoms with E-state index in [2.05, 4.69) is 48.4 Å². The van der Waals surface area contributed by atoms with Crippen molar-refractivity contribution in [3.05, 3.63) is 0 Å². The Balaban J connectivity index is 2.36. The first-order valence-corrected chi connectivity index (χ1v) is 6.34. The van der Waals surface area contributed by atoms with Crippen molar-refractivity contribution in [3.63, 3.8) is 0 Å². The van der Waals surface area contributed by atoms with Gasteiger partial charge in [0.1, 0.15) is 0 Å². The molecule has 0 aromatic carbocycles. The van der Waals surface area contributed by atoms with Crippen LogP contribution >= 0.6 is 22.6 Å². The number of alkyl halides is 1. The van der Waals surface area contributed by atoms with Crippen LogP contribution in [0.3, 0.4) is 0 Å². The predicted octanol–water partition coefficient (Wildman–Crippen LogP) is 2.93. The lowest BCUT2D eigenvalue weighted by molar-refractivity contribution is 0.241. The SMILES string of the molecule is CN(CCI)C1CCC(C)(C)C1. The Morgan fingerprint density at radius 1 is 1.50 bits per heavy atom. The average molecular weight is 281 g/mol. The predicted molar refractivity (Wildman–Crippen MR) is 62.9 cm³/mol. The van der Waals surface area contributed by atoms with Crippen LogP contribution in [0.4, 0.5) is 0 Å². The van der Waals surface area contributed by atoms with Crippen LogP contribution in [0.25, 0.3) is 0 Å². The minimum atomic E-state index is 0.601. The number of hydrogen-bond donors (Lipinski definition) is 0. The molecule has 0 amide bonds. The molecule has 1 saturated carbocycles. The first-order chi connectivity index (χ1) is 5.55. The van der Waals surface area contributed by atoms with Crippen LogP contribution in [0.2, 0.25) is 0 Å². The fraction of sp³-hybridized carbons (Fsp3) is 1.00. The van der Waals surface area contributed by atoms with Crippen molar-refractivity contribution in [2.24, 2.45) is 5.41 Å². The smallest absolute Gasteiger partial charge is 0.0123 e. The fourth-order valence-electron chi connectivity index (χ4n) is 2.09. The second-order valence-corrected chi connectivity index (χ2v) is 5.81. The van der Waals surface area contributed by atoms with Crippen molar-refractivity contribution in [1.29, 1.82) is 0 Å². The Morgan fingerprint density at radius 2 is 2.17 bits per heavy atom. The third-order valence-corrected chi connectivity index (χ3v) is 3.49. The van der Waals surface area contributed by atoms with Crippen LogP contribution < -0.4 is 0 Å². The average Bonchev–Trinajstić information content (AvgIpc) is 2.31. The molecule has 12 heavy (non-hydrogen) atoms. The van der Waals surface area contributed by atoms with Gasteiger partial charge in [-0.3, -0.25) is 0 Å². The minimum Gasteiger partial charge on any atom is -0.303 e. The third-order valence-electron chi connectivity index (χ3n) is 3.00. The first kappa shape index (κ1) is 10.8. The summed E-state index contributed by atoms with van der Waals surface area (Å²) >= 11 is 2.46. The second-order valence-electron chi connectivity index (χ2n) is 4.73. The Morgan fingerprint density at radius 3 is 2.58 bits per heavy atom. The van der Waals surface area contributed by atoms with Gasteiger partial charge in [0.2, 0.25) is 0 Å². The van der Waals surface area contributed by atoms with Crippen molar-refractivity contribution in [2.75, 3.05) is 18.0 Å². The van der Waals surface area contributed by atoms with Gasteiger partial charge in [-0.15, -0.1) is 0 Å². The van der Waals surface area contributed by atoms with Crippen LogP contribution in [-0.4, -0.2) is 29.0 Å². The van der Waals surface area contributed by atoms with Gasteiger partial charge in [-0.25, -0.2) is 0 Å². The Bertz CT molecular complexity index is 145. The van der Waals surface area contributed by atoms with Crippen LogP contribution in [0.5, 0.6) is 0 Å². The van der Waals surface area contributed by atoms with Gasteiger partial charge in [-0.1, -0.05) is 36.4 Å². The van der Waals surface area contributed by atoms with E-state index in [0.717, 1.165) is 6.04 Å². The molecule has 0 heterocycles. The van der Waals surface area contributed by atoms with Crippen molar-refractivity contribution in [2.45, 2.75) is 39.2 Å². The lowest BCUT2D eigenvalue weighted by atomic mass is 9.92. The zero-order valence-electron chi connectivity index (χ0n) is 8.44. The summed E-state index contributed by atoms with van der Waals surface area (Å²) in [4.78, 5) is 2.53. The summed E-state index contributed by atoms with van der Waals surface area (Å²) in [6, 6.07) is 0.856. The Kier molecular flexibility index (Phi) is 3.83. The topological polar surface area (TPSA) is 3.24 Å². The van der Waals surface area contributed by atoms with Gasteiger partial charge in [-0.05, 0) is 31.7 Å². The normalized spacial score (nSPS) is 28.2. The molecule has 0 N–H and O–H groups in total. The summed E-state index contributed by atoms with van der Waals surface area (Å²) in [5.74, 6) is 0. The van der Waals surface area contributed by atoms with Gasteiger partial charge in [0.25, 0.3) is 0 Å². The molecule has 1 unspecified atom stereocenters. The molecule has 1 aliphatic rings. The molecule has 1 atom stereocenters. The first-order valence-electron chi connectivity index (χ1n) is 4.81. The van der Waals surface area contributed by atoms with Crippen molar-refractivity contribution >= 4 is 22.6 Å². The quantitative estimate of drug-likeness (QED) is 0.568. The molecule has 0 aromatic heterocycles. The highest BCUT2D eigenvalue weighted by Crippen LogP contribution is 2.38. The van der Waals surface area contributed by atoms with E-state index < -0.39 is 0 Å². The molecular formula is C10H20IN. The molecule has 0 saturated heterocycles. The molecule has 72 valence electrons. The maximum absolute atomic E-state index is 2.53. The molecule has 1 fully saturated rings. The van der Waals surface area contributed by atoms with E-state index in [1.165, 1.54) is 30.2 Å². The molecule has 0 bridgehead atoms. The van der Waals surface area contributed by atoms with Gasteiger partial charge in [0, 0.05) is 17.0 Å². The lowest BCUT2D eigenvalue weighted by Gasteiger charge is -2.25. The molecular weight excluding hydrogens is 261 g/mol. The minimum absolute atomic E-state index is 0.601. The number of nitrogens with zero attached hydrogens (tertiary/aromatic N) is 1. The van der Waals surface area contributed by atoms with Gasteiger partial charge < -0.3 is 4.90 Å². The lowest BCUT2D eigenvalue weighted by Crippen LogP contribution is -2.31. The van der Waals surface area contributed by atoms with E-state index in [9.17, 15) is 0 Å². The van der Waals surface area contributed by atoms with E-state index in [-0.39, 0.29) is 0 Å². The largest absolute Gasteiger partial charge is 0.303 e. The number of halogens is 1. The molecule has 1 aliphatic carbocycles. The highest BCUT2D eigenvalue weighted by atomic mass is 127. The number of rotatable bonds is 3. The van der Waals surface area contributed by atoms with Crippen LogP contribution in [0.1, 0.15) is 33.1 Å². The third kappa shape index (κ3) is 2.87. The molecule has 0 aromatic rings. The zero-order valence-corrected chi connectivity index (χ0v) is 10.6. The van der Waals surface area contributed by atoms with Gasteiger partial charge in [0.15, 0.2) is 0 Å². The second kappa shape index (κ2) is 4.27. The maximum atomic E-state index is 2.53.